The van der Waals surface area contributed by atoms with Crippen molar-refractivity contribution in [2.75, 3.05) is 0 Å². The van der Waals surface area contributed by atoms with Crippen molar-refractivity contribution in [2.45, 2.75) is 13.5 Å². The molecule has 1 aromatic carbocycles. The predicted molar refractivity (Wildman–Crippen MR) is 76.3 cm³/mol. The first kappa shape index (κ1) is 11.7. The fourth-order valence-electron chi connectivity index (χ4n) is 2.11. The number of aromatic nitrogens is 2. The molecule has 0 fully saturated rings. The summed E-state index contributed by atoms with van der Waals surface area (Å²) in [6.07, 6.45) is 1.81. The Bertz CT molecular complexity index is 790. The van der Waals surface area contributed by atoms with Crippen LogP contribution < -0.4 is 5.56 Å². The molecule has 0 saturated heterocycles. The van der Waals surface area contributed by atoms with Crippen molar-refractivity contribution >= 4 is 10.9 Å². The molecule has 3 heteroatoms. The zero-order valence-electron chi connectivity index (χ0n) is 10.7. The third kappa shape index (κ3) is 2.40. The van der Waals surface area contributed by atoms with Gasteiger partial charge < -0.3 is 4.57 Å². The molecule has 0 amide bonds. The summed E-state index contributed by atoms with van der Waals surface area (Å²) in [4.78, 5) is 16.4. The molecule has 0 aliphatic rings. The number of benzene rings is 1. The van der Waals surface area contributed by atoms with Gasteiger partial charge in [-0.3, -0.25) is 9.78 Å². The smallest absolute Gasteiger partial charge is 0.251 e. The zero-order valence-corrected chi connectivity index (χ0v) is 10.7. The Labute approximate surface area is 111 Å². The van der Waals surface area contributed by atoms with E-state index < -0.39 is 0 Å². The van der Waals surface area contributed by atoms with E-state index in [-0.39, 0.29) is 5.56 Å². The summed E-state index contributed by atoms with van der Waals surface area (Å²) in [6.45, 7) is 2.42. The summed E-state index contributed by atoms with van der Waals surface area (Å²) < 4.78 is 1.67. The molecule has 3 rings (SSSR count). The maximum Gasteiger partial charge on any atom is 0.251 e. The van der Waals surface area contributed by atoms with Crippen LogP contribution in [0.2, 0.25) is 0 Å². The molecule has 0 N–H and O–H groups in total. The monoisotopic (exact) mass is 250 g/mol. The molecular weight excluding hydrogens is 236 g/mol. The van der Waals surface area contributed by atoms with Crippen molar-refractivity contribution in [1.29, 1.82) is 0 Å². The number of fused-ring (bicyclic) bond motifs is 1. The summed E-state index contributed by atoms with van der Waals surface area (Å²) in [5, 5.41) is 1.11. The highest BCUT2D eigenvalue weighted by Gasteiger charge is 2.01. The van der Waals surface area contributed by atoms with Crippen LogP contribution >= 0.6 is 0 Å². The minimum Gasteiger partial charge on any atom is -0.310 e. The van der Waals surface area contributed by atoms with Gasteiger partial charge in [-0.2, -0.15) is 0 Å². The topological polar surface area (TPSA) is 34.9 Å². The van der Waals surface area contributed by atoms with E-state index in [1.54, 1.807) is 10.6 Å². The predicted octanol–water partition coefficient (Wildman–Crippen LogP) is 2.75. The Hall–Kier alpha value is -2.42. The Morgan fingerprint density at radius 1 is 1.11 bits per heavy atom. The van der Waals surface area contributed by atoms with Gasteiger partial charge >= 0.3 is 0 Å². The molecule has 94 valence electrons. The van der Waals surface area contributed by atoms with E-state index in [1.165, 1.54) is 0 Å². The van der Waals surface area contributed by atoms with Gasteiger partial charge in [0.1, 0.15) is 0 Å². The first-order chi connectivity index (χ1) is 9.22. The summed E-state index contributed by atoms with van der Waals surface area (Å²) in [6, 6.07) is 15.6. The molecule has 0 saturated carbocycles. The van der Waals surface area contributed by atoms with Crippen LogP contribution in [-0.2, 0) is 6.54 Å². The lowest BCUT2D eigenvalue weighted by Gasteiger charge is -2.06. The second-order valence-corrected chi connectivity index (χ2v) is 4.67. The van der Waals surface area contributed by atoms with Crippen LogP contribution in [0.4, 0.5) is 0 Å². The number of hydrogen-bond donors (Lipinski definition) is 0. The van der Waals surface area contributed by atoms with Crippen molar-refractivity contribution in [3.05, 3.63) is 76.3 Å². The normalized spacial score (nSPS) is 10.8. The van der Waals surface area contributed by atoms with Crippen LogP contribution in [0, 0.1) is 6.92 Å². The van der Waals surface area contributed by atoms with Crippen molar-refractivity contribution in [1.82, 2.24) is 9.55 Å². The molecule has 0 aliphatic heterocycles. The number of hydrogen-bond acceptors (Lipinski definition) is 2. The van der Waals surface area contributed by atoms with Crippen molar-refractivity contribution in [3.63, 3.8) is 0 Å². The fraction of sp³-hybridized carbons (Fsp3) is 0.125. The average molecular weight is 250 g/mol. The van der Waals surface area contributed by atoms with Gasteiger partial charge in [0.25, 0.3) is 5.56 Å². The molecule has 0 bridgehead atoms. The molecule has 0 atom stereocenters. The molecule has 0 unspecified atom stereocenters. The van der Waals surface area contributed by atoms with E-state index in [0.717, 1.165) is 22.2 Å². The summed E-state index contributed by atoms with van der Waals surface area (Å²) in [5.41, 5.74) is 2.84. The Morgan fingerprint density at radius 3 is 2.79 bits per heavy atom. The maximum atomic E-state index is 11.8. The molecule has 19 heavy (non-hydrogen) atoms. The SMILES string of the molecule is Cc1ccn(Cc2ccc3ccccc3n2)c(=O)c1. The van der Waals surface area contributed by atoms with Crippen molar-refractivity contribution in [3.8, 4) is 0 Å². The molecule has 0 radical (unpaired) electrons. The number of para-hydroxylation sites is 1. The lowest BCUT2D eigenvalue weighted by Crippen LogP contribution is -2.19. The maximum absolute atomic E-state index is 11.8. The fourth-order valence-corrected chi connectivity index (χ4v) is 2.11. The van der Waals surface area contributed by atoms with Gasteiger partial charge in [0.15, 0.2) is 0 Å². The quantitative estimate of drug-likeness (QED) is 0.701. The highest BCUT2D eigenvalue weighted by atomic mass is 16.1. The van der Waals surface area contributed by atoms with Gasteiger partial charge in [-0.1, -0.05) is 24.3 Å². The van der Waals surface area contributed by atoms with E-state index >= 15 is 0 Å². The highest BCUT2D eigenvalue weighted by molar-refractivity contribution is 5.78. The summed E-state index contributed by atoms with van der Waals surface area (Å²) in [5.74, 6) is 0. The second-order valence-electron chi connectivity index (χ2n) is 4.67. The second kappa shape index (κ2) is 4.69. The van der Waals surface area contributed by atoms with Crippen LogP contribution in [0.15, 0.2) is 59.5 Å². The summed E-state index contributed by atoms with van der Waals surface area (Å²) >= 11 is 0. The van der Waals surface area contributed by atoms with Gasteiger partial charge in [-0.15, -0.1) is 0 Å². The van der Waals surface area contributed by atoms with Gasteiger partial charge in [0.05, 0.1) is 17.8 Å². The highest BCUT2D eigenvalue weighted by Crippen LogP contribution is 2.12. The minimum absolute atomic E-state index is 0.00922. The van der Waals surface area contributed by atoms with Crippen LogP contribution in [0.25, 0.3) is 10.9 Å². The molecule has 3 nitrogen and oxygen atoms in total. The number of aryl methyl sites for hydroxylation is 1. The third-order valence-electron chi connectivity index (χ3n) is 3.14. The first-order valence-electron chi connectivity index (χ1n) is 6.24. The van der Waals surface area contributed by atoms with Crippen molar-refractivity contribution in [2.24, 2.45) is 0 Å². The minimum atomic E-state index is 0.00922. The van der Waals surface area contributed by atoms with E-state index in [2.05, 4.69) is 4.98 Å². The van der Waals surface area contributed by atoms with Gasteiger partial charge in [-0.05, 0) is 30.7 Å². The molecule has 2 heterocycles. The van der Waals surface area contributed by atoms with Crippen LogP contribution in [0.1, 0.15) is 11.3 Å². The van der Waals surface area contributed by atoms with Gasteiger partial charge in [-0.25, -0.2) is 0 Å². The third-order valence-corrected chi connectivity index (χ3v) is 3.14. The van der Waals surface area contributed by atoms with Gasteiger partial charge in [0, 0.05) is 17.6 Å². The number of pyridine rings is 2. The van der Waals surface area contributed by atoms with E-state index in [0.29, 0.717) is 6.54 Å². The largest absolute Gasteiger partial charge is 0.310 e. The number of nitrogens with zero attached hydrogens (tertiary/aromatic N) is 2. The summed E-state index contributed by atoms with van der Waals surface area (Å²) in [7, 11) is 0. The lowest BCUT2D eigenvalue weighted by atomic mass is 10.2. The first-order valence-corrected chi connectivity index (χ1v) is 6.24. The average Bonchev–Trinajstić information content (AvgIpc) is 2.42. The standard InChI is InChI=1S/C16H14N2O/c1-12-8-9-18(16(19)10-12)11-14-7-6-13-4-2-3-5-15(13)17-14/h2-10H,11H2,1H3. The molecule has 3 aromatic rings. The van der Waals surface area contributed by atoms with Crippen molar-refractivity contribution < 1.29 is 0 Å². The molecule has 0 spiro atoms. The van der Waals surface area contributed by atoms with Crippen LogP contribution in [0.5, 0.6) is 0 Å². The lowest BCUT2D eigenvalue weighted by molar-refractivity contribution is 0.740. The van der Waals surface area contributed by atoms with E-state index in [1.807, 2.05) is 55.6 Å². The Kier molecular flexibility index (Phi) is 2.88. The Morgan fingerprint density at radius 2 is 1.95 bits per heavy atom. The van der Waals surface area contributed by atoms with E-state index in [4.69, 9.17) is 0 Å². The molecule has 2 aromatic heterocycles. The zero-order chi connectivity index (χ0) is 13.2. The van der Waals surface area contributed by atoms with Crippen LogP contribution in [-0.4, -0.2) is 9.55 Å². The Balaban J connectivity index is 1.99. The number of rotatable bonds is 2. The van der Waals surface area contributed by atoms with Crippen LogP contribution in [0.3, 0.4) is 0 Å². The molecular formula is C16H14N2O. The molecule has 0 aliphatic carbocycles. The van der Waals surface area contributed by atoms with Gasteiger partial charge in [0.2, 0.25) is 0 Å². The van der Waals surface area contributed by atoms with E-state index in [9.17, 15) is 4.79 Å².